The third-order valence-electron chi connectivity index (χ3n) is 3.95. The lowest BCUT2D eigenvalue weighted by molar-refractivity contribution is 0.0491. The molecule has 1 aliphatic heterocycles. The second-order valence-electron chi connectivity index (χ2n) is 4.75. The lowest BCUT2D eigenvalue weighted by atomic mass is 9.73. The van der Waals surface area contributed by atoms with Crippen LogP contribution < -0.4 is 0 Å². The van der Waals surface area contributed by atoms with Crippen molar-refractivity contribution in [2.24, 2.45) is 22.5 Å². The molecule has 0 aromatic heterocycles. The van der Waals surface area contributed by atoms with Gasteiger partial charge in [0.05, 0.1) is 5.29 Å². The van der Waals surface area contributed by atoms with Gasteiger partial charge in [-0.3, -0.25) is 5.01 Å². The van der Waals surface area contributed by atoms with Crippen molar-refractivity contribution in [1.29, 1.82) is 0 Å². The fourth-order valence-electron chi connectivity index (χ4n) is 2.78. The Morgan fingerprint density at radius 2 is 1.75 bits per heavy atom. The van der Waals surface area contributed by atoms with Gasteiger partial charge in [0.2, 0.25) is 0 Å². The quantitative estimate of drug-likeness (QED) is 0.561. The Kier molecular flexibility index (Phi) is 1.63. The number of fused-ring (bicyclic) bond motifs is 2. The Labute approximate surface area is 73.1 Å². The summed E-state index contributed by atoms with van der Waals surface area (Å²) < 4.78 is 0. The number of rotatable bonds is 1. The van der Waals surface area contributed by atoms with Crippen molar-refractivity contribution >= 4 is 0 Å². The zero-order valence-corrected chi connectivity index (χ0v) is 7.79. The second kappa shape index (κ2) is 2.44. The van der Waals surface area contributed by atoms with Crippen molar-refractivity contribution in [1.82, 2.24) is 5.01 Å². The highest BCUT2D eigenvalue weighted by Gasteiger charge is 2.47. The van der Waals surface area contributed by atoms with Crippen LogP contribution >= 0.6 is 0 Å². The van der Waals surface area contributed by atoms with Crippen molar-refractivity contribution in [3.63, 3.8) is 0 Å². The van der Waals surface area contributed by atoms with Crippen LogP contribution in [0, 0.1) is 22.2 Å². The van der Waals surface area contributed by atoms with Crippen LogP contribution in [0.3, 0.4) is 0 Å². The van der Waals surface area contributed by atoms with Crippen molar-refractivity contribution in [2.75, 3.05) is 13.1 Å². The molecule has 2 fully saturated rings. The lowest BCUT2D eigenvalue weighted by Gasteiger charge is -2.41. The van der Waals surface area contributed by atoms with Gasteiger partial charge in [-0.05, 0) is 30.1 Å². The van der Waals surface area contributed by atoms with Crippen molar-refractivity contribution in [3.05, 3.63) is 4.91 Å². The van der Waals surface area contributed by atoms with Gasteiger partial charge in [-0.1, -0.05) is 13.8 Å². The molecule has 2 aliphatic rings. The van der Waals surface area contributed by atoms with E-state index in [1.165, 1.54) is 12.8 Å². The van der Waals surface area contributed by atoms with Crippen molar-refractivity contribution in [2.45, 2.75) is 26.7 Å². The first-order chi connectivity index (χ1) is 5.64. The fourth-order valence-corrected chi connectivity index (χ4v) is 2.78. The van der Waals surface area contributed by atoms with E-state index in [0.29, 0.717) is 17.3 Å². The molecule has 1 heterocycles. The summed E-state index contributed by atoms with van der Waals surface area (Å²) in [5.74, 6) is 1.38. The van der Waals surface area contributed by atoms with Crippen LogP contribution in [0.5, 0.6) is 0 Å². The first-order valence-corrected chi connectivity index (χ1v) is 4.73. The normalized spacial score (nSPS) is 38.3. The summed E-state index contributed by atoms with van der Waals surface area (Å²) in [5, 5.41) is 4.74. The van der Waals surface area contributed by atoms with Gasteiger partial charge >= 0.3 is 0 Å². The van der Waals surface area contributed by atoms with Gasteiger partial charge in [-0.25, -0.2) is 0 Å². The Hall–Kier alpha value is -0.600. The van der Waals surface area contributed by atoms with Gasteiger partial charge in [0, 0.05) is 13.1 Å². The van der Waals surface area contributed by atoms with Crippen LogP contribution in [0.25, 0.3) is 0 Å². The van der Waals surface area contributed by atoms with Crippen LogP contribution in [0.4, 0.5) is 0 Å². The molecular formula is C9H16N2O. The van der Waals surface area contributed by atoms with Crippen LogP contribution in [0.1, 0.15) is 26.7 Å². The summed E-state index contributed by atoms with van der Waals surface area (Å²) in [6.07, 6.45) is 2.56. The van der Waals surface area contributed by atoms with Gasteiger partial charge in [0.25, 0.3) is 0 Å². The molecule has 3 nitrogen and oxygen atoms in total. The van der Waals surface area contributed by atoms with Crippen LogP contribution in [0.15, 0.2) is 5.29 Å². The van der Waals surface area contributed by atoms with E-state index >= 15 is 0 Å². The minimum absolute atomic E-state index is 0.446. The molecule has 0 spiro atoms. The maximum atomic E-state index is 10.4. The van der Waals surface area contributed by atoms with E-state index in [1.54, 1.807) is 5.01 Å². The predicted molar refractivity (Wildman–Crippen MR) is 47.4 cm³/mol. The van der Waals surface area contributed by atoms with Crippen molar-refractivity contribution < 1.29 is 0 Å². The van der Waals surface area contributed by atoms with Crippen LogP contribution in [-0.4, -0.2) is 18.1 Å². The summed E-state index contributed by atoms with van der Waals surface area (Å²) in [5.41, 5.74) is 0.446. The minimum Gasteiger partial charge on any atom is -0.260 e. The lowest BCUT2D eigenvalue weighted by Crippen LogP contribution is -2.43. The Bertz CT molecular complexity index is 187. The highest BCUT2D eigenvalue weighted by atomic mass is 16.3. The summed E-state index contributed by atoms with van der Waals surface area (Å²) in [4.78, 5) is 10.4. The van der Waals surface area contributed by atoms with E-state index in [1.807, 2.05) is 0 Å². The molecule has 2 bridgehead atoms. The average Bonchev–Trinajstić information content (AvgIpc) is 2.29. The number of hydrogen-bond donors (Lipinski definition) is 0. The molecule has 1 saturated carbocycles. The van der Waals surface area contributed by atoms with Gasteiger partial charge in [0.1, 0.15) is 0 Å². The maximum Gasteiger partial charge on any atom is 0.0524 e. The second-order valence-corrected chi connectivity index (χ2v) is 4.75. The first kappa shape index (κ1) is 8.02. The Balaban J connectivity index is 2.16. The van der Waals surface area contributed by atoms with E-state index in [0.717, 1.165) is 13.1 Å². The monoisotopic (exact) mass is 168 g/mol. The standard InChI is InChI=1S/C9H16N2O/c1-9(2)7-3-4-8(9)6-11(5-7)10-12/h7-8H,3-6H2,1-2H3/t7-,8+. The molecule has 0 amide bonds. The Morgan fingerprint density at radius 3 is 2.17 bits per heavy atom. The maximum absolute atomic E-state index is 10.4. The van der Waals surface area contributed by atoms with Gasteiger partial charge in [-0.15, -0.1) is 4.91 Å². The Morgan fingerprint density at radius 1 is 1.25 bits per heavy atom. The third kappa shape index (κ3) is 0.952. The zero-order valence-electron chi connectivity index (χ0n) is 7.79. The van der Waals surface area contributed by atoms with Crippen molar-refractivity contribution in [3.8, 4) is 0 Å². The molecule has 0 unspecified atom stereocenters. The first-order valence-electron chi connectivity index (χ1n) is 4.73. The summed E-state index contributed by atoms with van der Waals surface area (Å²) in [7, 11) is 0. The molecule has 1 aliphatic carbocycles. The smallest absolute Gasteiger partial charge is 0.0524 e. The van der Waals surface area contributed by atoms with E-state index < -0.39 is 0 Å². The van der Waals surface area contributed by atoms with Crippen LogP contribution in [0.2, 0.25) is 0 Å². The number of nitroso groups, excluding NO2 is 1. The van der Waals surface area contributed by atoms with E-state index in [4.69, 9.17) is 0 Å². The molecule has 68 valence electrons. The molecule has 1 saturated heterocycles. The average molecular weight is 168 g/mol. The number of hydrogen-bond acceptors (Lipinski definition) is 2. The van der Waals surface area contributed by atoms with E-state index in [-0.39, 0.29) is 0 Å². The fraction of sp³-hybridized carbons (Fsp3) is 1.00. The van der Waals surface area contributed by atoms with Gasteiger partial charge in [-0.2, -0.15) is 0 Å². The molecule has 2 rings (SSSR count). The summed E-state index contributed by atoms with van der Waals surface area (Å²) >= 11 is 0. The molecule has 2 atom stereocenters. The SMILES string of the molecule is CC1(C)[C@@H]2CC[C@H]1CN(N=O)C2. The van der Waals surface area contributed by atoms with Crippen LogP contribution in [-0.2, 0) is 0 Å². The molecule has 12 heavy (non-hydrogen) atoms. The summed E-state index contributed by atoms with van der Waals surface area (Å²) in [6, 6.07) is 0. The zero-order chi connectivity index (χ0) is 8.77. The molecule has 0 N–H and O–H groups in total. The topological polar surface area (TPSA) is 32.7 Å². The molecular weight excluding hydrogens is 152 g/mol. The minimum atomic E-state index is 0.446. The predicted octanol–water partition coefficient (Wildman–Crippen LogP) is 2.04. The molecule has 0 aromatic carbocycles. The number of piperidine rings is 1. The number of nitrogens with zero attached hydrogens (tertiary/aromatic N) is 2. The van der Waals surface area contributed by atoms with E-state index in [2.05, 4.69) is 19.1 Å². The molecule has 0 radical (unpaired) electrons. The molecule has 0 aromatic rings. The highest BCUT2D eigenvalue weighted by molar-refractivity contribution is 4.97. The van der Waals surface area contributed by atoms with Gasteiger partial charge < -0.3 is 0 Å². The third-order valence-corrected chi connectivity index (χ3v) is 3.95. The largest absolute Gasteiger partial charge is 0.260 e. The molecule has 3 heteroatoms. The highest BCUT2D eigenvalue weighted by Crippen LogP contribution is 2.50. The van der Waals surface area contributed by atoms with E-state index in [9.17, 15) is 4.91 Å². The van der Waals surface area contributed by atoms with Gasteiger partial charge in [0.15, 0.2) is 0 Å². The summed E-state index contributed by atoms with van der Waals surface area (Å²) in [6.45, 7) is 6.43.